The van der Waals surface area contributed by atoms with Crippen molar-refractivity contribution in [3.8, 4) is 0 Å². The van der Waals surface area contributed by atoms with E-state index in [4.69, 9.17) is 14.2 Å². The van der Waals surface area contributed by atoms with Gasteiger partial charge in [0.1, 0.15) is 0 Å². The van der Waals surface area contributed by atoms with Crippen LogP contribution in [0.4, 0.5) is 0 Å². The zero-order chi connectivity index (χ0) is 28.2. The minimum Gasteiger partial charge on any atom is -0.465 e. The van der Waals surface area contributed by atoms with E-state index in [9.17, 15) is 9.90 Å². The molecule has 5 rings (SSSR count). The van der Waals surface area contributed by atoms with Gasteiger partial charge in [-0.2, -0.15) is 0 Å². The standard InChI is InChI=1S/C34H56O5/c1-22(21-37-30(36)31(3,4)5)12-17-34(38-18-19-39-34)23(2)27-10-11-28-26-9-8-24-20-25(35)13-15-32(24,6)29(26)14-16-33(27,28)7/h10,22-26,28-29,35H,8-9,11-21H2,1-7H3/t22-,23+,24+,25+,26+,28+,29+,32+,33-/m1/s1. The number of hydrogen-bond donors (Lipinski definition) is 1. The fourth-order valence-corrected chi connectivity index (χ4v) is 9.79. The molecule has 0 aromatic carbocycles. The highest BCUT2D eigenvalue weighted by Gasteiger charge is 2.60. The van der Waals surface area contributed by atoms with Gasteiger partial charge in [-0.15, -0.1) is 0 Å². The van der Waals surface area contributed by atoms with Crippen LogP contribution in [-0.2, 0) is 19.0 Å². The van der Waals surface area contributed by atoms with Crippen molar-refractivity contribution in [1.82, 2.24) is 0 Å². The van der Waals surface area contributed by atoms with Crippen molar-refractivity contribution >= 4 is 5.97 Å². The van der Waals surface area contributed by atoms with Crippen LogP contribution >= 0.6 is 0 Å². The number of aliphatic hydroxyl groups excluding tert-OH is 1. The monoisotopic (exact) mass is 544 g/mol. The first-order chi connectivity index (χ1) is 18.3. The molecule has 4 fully saturated rings. The third-order valence-corrected chi connectivity index (χ3v) is 12.3. The van der Waals surface area contributed by atoms with E-state index in [1.165, 1.54) is 38.5 Å². The Bertz CT molecular complexity index is 928. The minimum absolute atomic E-state index is 0.0788. The van der Waals surface area contributed by atoms with Crippen molar-refractivity contribution in [3.05, 3.63) is 11.6 Å². The van der Waals surface area contributed by atoms with Crippen LogP contribution in [0.5, 0.6) is 0 Å². The number of esters is 1. The number of ether oxygens (including phenoxy) is 3. The molecule has 0 unspecified atom stereocenters. The van der Waals surface area contributed by atoms with Crippen LogP contribution in [-0.4, -0.2) is 42.8 Å². The number of carbonyl (C=O) groups is 1. The maximum absolute atomic E-state index is 12.3. The van der Waals surface area contributed by atoms with Crippen LogP contribution < -0.4 is 0 Å². The number of hydrogen-bond acceptors (Lipinski definition) is 5. The molecule has 0 bridgehead atoms. The zero-order valence-electron chi connectivity index (χ0n) is 25.9. The molecule has 5 nitrogen and oxygen atoms in total. The minimum atomic E-state index is -0.577. The normalized spacial score (nSPS) is 41.1. The van der Waals surface area contributed by atoms with E-state index in [0.717, 1.165) is 37.5 Å². The topological polar surface area (TPSA) is 65.0 Å². The Labute approximate surface area is 237 Å². The SMILES string of the molecule is C[C@H](CCC1([C@@H](C)C2=CC[C@H]3[C@@H]4CC[C@H]5C[C@@H](O)CC[C@]5(C)[C@H]4CC[C@]23C)OCCO1)COC(=O)C(C)(C)C. The Hall–Kier alpha value is -0.910. The average molecular weight is 545 g/mol. The van der Waals surface area contributed by atoms with E-state index in [2.05, 4.69) is 33.8 Å². The Morgan fingerprint density at radius 2 is 1.79 bits per heavy atom. The highest BCUT2D eigenvalue weighted by molar-refractivity contribution is 5.75. The van der Waals surface area contributed by atoms with Crippen LogP contribution in [0.15, 0.2) is 11.6 Å². The molecule has 0 spiro atoms. The fraction of sp³-hybridized carbons (Fsp3) is 0.912. The smallest absolute Gasteiger partial charge is 0.311 e. The first kappa shape index (κ1) is 29.6. The molecule has 1 heterocycles. The van der Waals surface area contributed by atoms with Crippen molar-refractivity contribution in [2.24, 2.45) is 51.8 Å². The lowest BCUT2D eigenvalue weighted by Gasteiger charge is -2.61. The third kappa shape index (κ3) is 5.27. The molecule has 0 aromatic heterocycles. The first-order valence-corrected chi connectivity index (χ1v) is 16.1. The molecule has 0 amide bonds. The number of fused-ring (bicyclic) bond motifs is 5. The van der Waals surface area contributed by atoms with Gasteiger partial charge in [0.05, 0.1) is 31.3 Å². The summed E-state index contributed by atoms with van der Waals surface area (Å²) >= 11 is 0. The summed E-state index contributed by atoms with van der Waals surface area (Å²) in [7, 11) is 0. The van der Waals surface area contributed by atoms with Gasteiger partial charge < -0.3 is 19.3 Å². The van der Waals surface area contributed by atoms with Gasteiger partial charge in [-0.25, -0.2) is 0 Å². The Kier molecular flexibility index (Phi) is 8.14. The maximum Gasteiger partial charge on any atom is 0.311 e. The molecule has 4 aliphatic carbocycles. The second kappa shape index (κ2) is 10.7. The van der Waals surface area contributed by atoms with E-state index in [0.29, 0.717) is 37.1 Å². The van der Waals surface area contributed by atoms with Crippen LogP contribution in [0.1, 0.15) is 113 Å². The van der Waals surface area contributed by atoms with E-state index in [1.807, 2.05) is 20.8 Å². The van der Waals surface area contributed by atoms with E-state index < -0.39 is 11.2 Å². The summed E-state index contributed by atoms with van der Waals surface area (Å²) in [6.45, 7) is 17.1. The van der Waals surface area contributed by atoms with Gasteiger partial charge in [0.25, 0.3) is 0 Å². The van der Waals surface area contributed by atoms with E-state index in [-0.39, 0.29) is 29.3 Å². The van der Waals surface area contributed by atoms with Crippen LogP contribution in [0.3, 0.4) is 0 Å². The van der Waals surface area contributed by atoms with Crippen molar-refractivity contribution in [2.75, 3.05) is 19.8 Å². The van der Waals surface area contributed by atoms with Gasteiger partial charge in [0.2, 0.25) is 0 Å². The molecule has 5 heteroatoms. The molecule has 1 aliphatic heterocycles. The molecule has 5 aliphatic rings. The van der Waals surface area contributed by atoms with Crippen molar-refractivity contribution in [3.63, 3.8) is 0 Å². The van der Waals surface area contributed by atoms with Crippen LogP contribution in [0.25, 0.3) is 0 Å². The quantitative estimate of drug-likeness (QED) is 0.269. The lowest BCUT2D eigenvalue weighted by atomic mass is 9.44. The number of aliphatic hydroxyl groups is 1. The number of carbonyl (C=O) groups excluding carboxylic acids is 1. The van der Waals surface area contributed by atoms with Gasteiger partial charge in [0, 0.05) is 12.3 Å². The summed E-state index contributed by atoms with van der Waals surface area (Å²) in [5.74, 6) is 2.77. The van der Waals surface area contributed by atoms with E-state index >= 15 is 0 Å². The Balaban J connectivity index is 1.26. The van der Waals surface area contributed by atoms with Gasteiger partial charge in [0.15, 0.2) is 5.79 Å². The molecule has 3 saturated carbocycles. The summed E-state index contributed by atoms with van der Waals surface area (Å²) in [4.78, 5) is 12.3. The second-order valence-electron chi connectivity index (χ2n) is 15.7. The molecule has 1 saturated heterocycles. The highest BCUT2D eigenvalue weighted by Crippen LogP contribution is 2.67. The number of allylic oxidation sites excluding steroid dienone is 1. The van der Waals surface area contributed by atoms with Crippen LogP contribution in [0, 0.1) is 51.8 Å². The average Bonchev–Trinajstić information content (AvgIpc) is 3.50. The summed E-state index contributed by atoms with van der Waals surface area (Å²) in [6.07, 6.45) is 13.8. The van der Waals surface area contributed by atoms with Crippen LogP contribution in [0.2, 0.25) is 0 Å². The molecule has 1 N–H and O–H groups in total. The fourth-order valence-electron chi connectivity index (χ4n) is 9.79. The predicted octanol–water partition coefficient (Wildman–Crippen LogP) is 7.31. The Morgan fingerprint density at radius 3 is 2.49 bits per heavy atom. The van der Waals surface area contributed by atoms with Crippen molar-refractivity contribution < 1.29 is 24.1 Å². The van der Waals surface area contributed by atoms with E-state index in [1.54, 1.807) is 5.57 Å². The molecule has 0 aromatic rings. The largest absolute Gasteiger partial charge is 0.465 e. The van der Waals surface area contributed by atoms with Gasteiger partial charge in [-0.05, 0) is 119 Å². The Morgan fingerprint density at radius 1 is 1.08 bits per heavy atom. The molecule has 222 valence electrons. The predicted molar refractivity (Wildman–Crippen MR) is 154 cm³/mol. The zero-order valence-corrected chi connectivity index (χ0v) is 25.9. The van der Waals surface area contributed by atoms with Gasteiger partial charge in [-0.1, -0.05) is 39.3 Å². The van der Waals surface area contributed by atoms with Gasteiger partial charge >= 0.3 is 5.97 Å². The maximum atomic E-state index is 12.3. The highest BCUT2D eigenvalue weighted by atomic mass is 16.7. The molecular formula is C34H56O5. The molecular weight excluding hydrogens is 488 g/mol. The summed E-state index contributed by atoms with van der Waals surface area (Å²) in [5, 5.41) is 10.4. The molecule has 9 atom stereocenters. The van der Waals surface area contributed by atoms with Crippen molar-refractivity contribution in [2.45, 2.75) is 125 Å². The molecule has 39 heavy (non-hydrogen) atoms. The number of rotatable bonds is 7. The van der Waals surface area contributed by atoms with Crippen molar-refractivity contribution in [1.29, 1.82) is 0 Å². The molecule has 0 radical (unpaired) electrons. The summed E-state index contributed by atoms with van der Waals surface area (Å²) in [5.41, 5.74) is 1.73. The lowest BCUT2D eigenvalue weighted by Crippen LogP contribution is -2.54. The summed E-state index contributed by atoms with van der Waals surface area (Å²) < 4.78 is 18.6. The lowest BCUT2D eigenvalue weighted by molar-refractivity contribution is -0.195. The first-order valence-electron chi connectivity index (χ1n) is 16.1. The van der Waals surface area contributed by atoms with Gasteiger partial charge in [-0.3, -0.25) is 4.79 Å². The second-order valence-corrected chi connectivity index (χ2v) is 15.7. The third-order valence-electron chi connectivity index (χ3n) is 12.3. The summed E-state index contributed by atoms with van der Waals surface area (Å²) in [6, 6.07) is 0.